The quantitative estimate of drug-likeness (QED) is 0.126. The molecule has 0 saturated heterocycles. The Morgan fingerprint density at radius 2 is 0.913 bits per heavy atom. The van der Waals surface area contributed by atoms with Gasteiger partial charge < -0.3 is 30.3 Å². The highest BCUT2D eigenvalue weighted by molar-refractivity contribution is 5.97. The molecule has 5 aromatic rings. The van der Waals surface area contributed by atoms with Crippen LogP contribution in [0, 0.1) is 0 Å². The summed E-state index contributed by atoms with van der Waals surface area (Å²) < 4.78 is 12.2. The fraction of sp³-hybridized carbons (Fsp3) is 0.158. The van der Waals surface area contributed by atoms with Crippen LogP contribution in [0.25, 0.3) is 0 Å². The largest absolute Gasteiger partial charge is 0.488 e. The van der Waals surface area contributed by atoms with Gasteiger partial charge >= 0.3 is 0 Å². The lowest BCUT2D eigenvalue weighted by Crippen LogP contribution is -2.31. The lowest BCUT2D eigenvalue weighted by atomic mass is 10.1. The molecule has 8 nitrogen and oxygen atoms in total. The van der Waals surface area contributed by atoms with E-state index in [9.17, 15) is 19.8 Å². The number of rotatable bonds is 14. The number of para-hydroxylation sites is 2. The summed E-state index contributed by atoms with van der Waals surface area (Å²) in [5.74, 6) is 0.140. The molecular weight excluding hydrogens is 580 g/mol. The molecular formula is C38H36N2O6. The molecule has 0 aliphatic rings. The summed E-state index contributed by atoms with van der Waals surface area (Å²) in [6.07, 6.45) is 0. The molecule has 0 unspecified atom stereocenters. The zero-order valence-electron chi connectivity index (χ0n) is 25.2. The summed E-state index contributed by atoms with van der Waals surface area (Å²) in [5.41, 5.74) is 4.08. The van der Waals surface area contributed by atoms with Gasteiger partial charge in [0.25, 0.3) is 11.8 Å². The Bertz CT molecular complexity index is 1600. The first-order chi connectivity index (χ1) is 22.6. The second-order valence-electron chi connectivity index (χ2n) is 10.6. The van der Waals surface area contributed by atoms with Crippen LogP contribution in [0.2, 0.25) is 0 Å². The van der Waals surface area contributed by atoms with Gasteiger partial charge in [0.15, 0.2) is 0 Å². The van der Waals surface area contributed by atoms with E-state index in [1.54, 1.807) is 48.5 Å². The topological polar surface area (TPSA) is 117 Å². The average molecular weight is 617 g/mol. The van der Waals surface area contributed by atoms with Crippen molar-refractivity contribution in [3.63, 3.8) is 0 Å². The normalized spacial score (nSPS) is 12.0. The number of amides is 2. The van der Waals surface area contributed by atoms with E-state index in [2.05, 4.69) is 10.6 Å². The Kier molecular flexibility index (Phi) is 11.1. The van der Waals surface area contributed by atoms with Gasteiger partial charge in [0.1, 0.15) is 24.7 Å². The van der Waals surface area contributed by atoms with Gasteiger partial charge in [-0.2, -0.15) is 0 Å². The predicted molar refractivity (Wildman–Crippen MR) is 175 cm³/mol. The first kappa shape index (κ1) is 32.0. The third-order valence-corrected chi connectivity index (χ3v) is 7.42. The number of aliphatic hydroxyl groups is 2. The highest BCUT2D eigenvalue weighted by Crippen LogP contribution is 2.24. The van der Waals surface area contributed by atoms with Gasteiger partial charge in [-0.15, -0.1) is 0 Å². The minimum atomic E-state index is -0.547. The number of nitrogens with one attached hydrogen (secondary N) is 2. The maximum atomic E-state index is 13.2. The highest BCUT2D eigenvalue weighted by Gasteiger charge is 2.19. The predicted octanol–water partition coefficient (Wildman–Crippen LogP) is 5.77. The van der Waals surface area contributed by atoms with Crippen LogP contribution >= 0.6 is 0 Å². The number of hydrogen-bond donors (Lipinski definition) is 4. The van der Waals surface area contributed by atoms with Gasteiger partial charge in [-0.05, 0) is 52.6 Å². The van der Waals surface area contributed by atoms with Gasteiger partial charge in [-0.3, -0.25) is 9.59 Å². The second-order valence-corrected chi connectivity index (χ2v) is 10.6. The van der Waals surface area contributed by atoms with Crippen LogP contribution in [0.3, 0.4) is 0 Å². The standard InChI is InChI=1S/C38H36N2O6/c41-23-33(29-14-3-1-4-15-29)39-37(43)31-18-7-9-20-35(31)45-25-27-12-11-13-28(22-27)26-46-36-21-10-8-19-32(36)38(44)40-34(24-42)30-16-5-2-6-17-30/h1-22,33-34,41-42H,23-26H2,(H,39,43)(H,40,44)/t33-,34-/m0/s1. The summed E-state index contributed by atoms with van der Waals surface area (Å²) in [5, 5.41) is 25.5. The number of carbonyl (C=O) groups is 2. The third-order valence-electron chi connectivity index (χ3n) is 7.42. The molecule has 0 fully saturated rings. The van der Waals surface area contributed by atoms with Gasteiger partial charge in [0, 0.05) is 0 Å². The number of hydrogen-bond acceptors (Lipinski definition) is 6. The molecule has 234 valence electrons. The zero-order chi connectivity index (χ0) is 32.1. The van der Waals surface area contributed by atoms with Crippen molar-refractivity contribution in [1.82, 2.24) is 10.6 Å². The summed E-state index contributed by atoms with van der Waals surface area (Å²) >= 11 is 0. The smallest absolute Gasteiger partial charge is 0.255 e. The molecule has 2 amide bonds. The molecule has 46 heavy (non-hydrogen) atoms. The molecule has 0 radical (unpaired) electrons. The van der Waals surface area contributed by atoms with Gasteiger partial charge in [0.05, 0.1) is 36.4 Å². The minimum Gasteiger partial charge on any atom is -0.488 e. The Morgan fingerprint density at radius 1 is 0.522 bits per heavy atom. The van der Waals surface area contributed by atoms with Crippen LogP contribution in [0.5, 0.6) is 11.5 Å². The Morgan fingerprint density at radius 3 is 1.33 bits per heavy atom. The molecule has 0 aliphatic heterocycles. The van der Waals surface area contributed by atoms with Crippen LogP contribution in [0.4, 0.5) is 0 Å². The van der Waals surface area contributed by atoms with Crippen molar-refractivity contribution in [1.29, 1.82) is 0 Å². The van der Waals surface area contributed by atoms with Crippen LogP contribution in [-0.4, -0.2) is 35.2 Å². The highest BCUT2D eigenvalue weighted by atomic mass is 16.5. The molecule has 8 heteroatoms. The van der Waals surface area contributed by atoms with Crippen molar-refractivity contribution in [2.75, 3.05) is 13.2 Å². The average Bonchev–Trinajstić information content (AvgIpc) is 3.12. The maximum Gasteiger partial charge on any atom is 0.255 e. The van der Waals surface area contributed by atoms with Crippen molar-refractivity contribution in [2.45, 2.75) is 25.3 Å². The molecule has 0 saturated carbocycles. The van der Waals surface area contributed by atoms with E-state index in [0.717, 1.165) is 22.3 Å². The van der Waals surface area contributed by atoms with Crippen molar-refractivity contribution in [3.05, 3.63) is 167 Å². The fourth-order valence-corrected chi connectivity index (χ4v) is 5.00. The van der Waals surface area contributed by atoms with Crippen LogP contribution < -0.4 is 20.1 Å². The molecule has 0 spiro atoms. The number of ether oxygens (including phenoxy) is 2. The molecule has 5 rings (SSSR count). The van der Waals surface area contributed by atoms with E-state index in [0.29, 0.717) is 22.6 Å². The Labute approximate surface area is 268 Å². The number of benzene rings is 5. The first-order valence-corrected chi connectivity index (χ1v) is 15.0. The lowest BCUT2D eigenvalue weighted by molar-refractivity contribution is 0.0904. The van der Waals surface area contributed by atoms with E-state index in [1.165, 1.54) is 0 Å². The van der Waals surface area contributed by atoms with E-state index in [1.807, 2.05) is 84.9 Å². The second kappa shape index (κ2) is 16.0. The lowest BCUT2D eigenvalue weighted by Gasteiger charge is -2.18. The van der Waals surface area contributed by atoms with Crippen LogP contribution in [0.15, 0.2) is 133 Å². The van der Waals surface area contributed by atoms with Crippen molar-refractivity contribution in [2.24, 2.45) is 0 Å². The molecule has 0 aliphatic carbocycles. The van der Waals surface area contributed by atoms with Gasteiger partial charge in [0.2, 0.25) is 0 Å². The van der Waals surface area contributed by atoms with Crippen molar-refractivity contribution < 1.29 is 29.3 Å². The number of carbonyl (C=O) groups excluding carboxylic acids is 2. The molecule has 5 aromatic carbocycles. The van der Waals surface area contributed by atoms with Crippen LogP contribution in [-0.2, 0) is 13.2 Å². The summed E-state index contributed by atoms with van der Waals surface area (Å²) in [7, 11) is 0. The minimum absolute atomic E-state index is 0.210. The first-order valence-electron chi connectivity index (χ1n) is 15.0. The summed E-state index contributed by atoms with van der Waals surface area (Å²) in [4.78, 5) is 26.3. The van der Waals surface area contributed by atoms with E-state index < -0.39 is 12.1 Å². The van der Waals surface area contributed by atoms with Gasteiger partial charge in [-0.1, -0.05) is 103 Å². The fourth-order valence-electron chi connectivity index (χ4n) is 5.00. The molecule has 0 aromatic heterocycles. The number of aliphatic hydroxyl groups excluding tert-OH is 2. The van der Waals surface area contributed by atoms with Crippen molar-refractivity contribution in [3.8, 4) is 11.5 Å². The zero-order valence-corrected chi connectivity index (χ0v) is 25.2. The van der Waals surface area contributed by atoms with Gasteiger partial charge in [-0.25, -0.2) is 0 Å². The monoisotopic (exact) mass is 616 g/mol. The molecule has 2 atom stereocenters. The Hall–Kier alpha value is -5.44. The maximum absolute atomic E-state index is 13.2. The summed E-state index contributed by atoms with van der Waals surface area (Å²) in [6, 6.07) is 39.2. The van der Waals surface area contributed by atoms with Crippen molar-refractivity contribution >= 4 is 11.8 Å². The van der Waals surface area contributed by atoms with E-state index >= 15 is 0 Å². The van der Waals surface area contributed by atoms with E-state index in [-0.39, 0.29) is 38.2 Å². The SMILES string of the molecule is O=C(N[C@@H](CO)c1ccccc1)c1ccccc1OCc1cccc(COc2ccccc2C(=O)N[C@@H](CO)c2ccccc2)c1. The molecule has 0 bridgehead atoms. The third kappa shape index (κ3) is 8.38. The molecule has 0 heterocycles. The van der Waals surface area contributed by atoms with E-state index in [4.69, 9.17) is 9.47 Å². The Balaban J connectivity index is 1.21. The molecule has 4 N–H and O–H groups in total. The summed E-state index contributed by atoms with van der Waals surface area (Å²) in [6.45, 7) is -0.0537. The van der Waals surface area contributed by atoms with Crippen LogP contribution in [0.1, 0.15) is 55.1 Å².